The van der Waals surface area contributed by atoms with E-state index >= 15 is 0 Å². The molecule has 0 atom stereocenters. The maximum Gasteiger partial charge on any atom is 0.416 e. The maximum absolute atomic E-state index is 12.9. The van der Waals surface area contributed by atoms with Crippen molar-refractivity contribution in [2.75, 3.05) is 19.0 Å². The van der Waals surface area contributed by atoms with Gasteiger partial charge in [0.05, 0.1) is 25.0 Å². The van der Waals surface area contributed by atoms with Crippen LogP contribution in [0.4, 0.5) is 18.9 Å². The topological polar surface area (TPSA) is 47.6 Å². The van der Waals surface area contributed by atoms with Crippen molar-refractivity contribution in [1.29, 1.82) is 0 Å². The highest BCUT2D eigenvalue weighted by Gasteiger charge is 2.31. The molecule has 0 unspecified atom stereocenters. The van der Waals surface area contributed by atoms with Gasteiger partial charge in [-0.1, -0.05) is 12.1 Å². The summed E-state index contributed by atoms with van der Waals surface area (Å²) in [6, 6.07) is 10.3. The molecule has 2 rings (SSSR count). The summed E-state index contributed by atoms with van der Waals surface area (Å²) in [6.07, 6.45) is -3.94. The molecule has 2 aromatic carbocycles. The molecule has 140 valence electrons. The van der Waals surface area contributed by atoms with E-state index in [0.29, 0.717) is 12.2 Å². The van der Waals surface area contributed by atoms with Crippen molar-refractivity contribution in [2.24, 2.45) is 0 Å². The molecule has 0 radical (unpaired) electrons. The predicted octanol–water partition coefficient (Wildman–Crippen LogP) is 4.68. The van der Waals surface area contributed by atoms with Crippen LogP contribution < -0.4 is 14.8 Å². The van der Waals surface area contributed by atoms with E-state index in [1.807, 2.05) is 18.2 Å². The standard InChI is InChI=1S/C19H20F3NO3/c1-3-26-17-9-8-14(19(20,21)22)12-16(17)23-18(24)10-7-13-5-4-6-15(11-13)25-2/h4-6,8-9,11-12H,3,7,10H2,1-2H3,(H,23,24). The Bertz CT molecular complexity index is 760. The van der Waals surface area contributed by atoms with Crippen LogP contribution in [0, 0.1) is 0 Å². The van der Waals surface area contributed by atoms with E-state index in [4.69, 9.17) is 9.47 Å². The van der Waals surface area contributed by atoms with Crippen molar-refractivity contribution >= 4 is 11.6 Å². The van der Waals surface area contributed by atoms with Crippen LogP contribution in [0.3, 0.4) is 0 Å². The molecule has 7 heteroatoms. The number of ether oxygens (including phenoxy) is 2. The Morgan fingerprint density at radius 3 is 2.58 bits per heavy atom. The van der Waals surface area contributed by atoms with Crippen LogP contribution >= 0.6 is 0 Å². The highest BCUT2D eigenvalue weighted by atomic mass is 19.4. The van der Waals surface area contributed by atoms with Crippen LogP contribution in [0.2, 0.25) is 0 Å². The van der Waals surface area contributed by atoms with Crippen molar-refractivity contribution < 1.29 is 27.4 Å². The lowest BCUT2D eigenvalue weighted by Gasteiger charge is -2.14. The number of carbonyl (C=O) groups excluding carboxylic acids is 1. The smallest absolute Gasteiger partial charge is 0.416 e. The molecule has 4 nitrogen and oxygen atoms in total. The Balaban J connectivity index is 2.08. The number of aryl methyl sites for hydroxylation is 1. The fourth-order valence-electron chi connectivity index (χ4n) is 2.38. The third-order valence-electron chi connectivity index (χ3n) is 3.66. The van der Waals surface area contributed by atoms with Gasteiger partial charge in [-0.05, 0) is 49.2 Å². The van der Waals surface area contributed by atoms with Crippen molar-refractivity contribution in [3.05, 3.63) is 53.6 Å². The average Bonchev–Trinajstić information content (AvgIpc) is 2.61. The molecule has 0 heterocycles. The molecule has 0 fully saturated rings. The summed E-state index contributed by atoms with van der Waals surface area (Å²) in [5.74, 6) is 0.489. The van der Waals surface area contributed by atoms with E-state index in [1.54, 1.807) is 20.1 Å². The minimum Gasteiger partial charge on any atom is -0.497 e. The normalized spacial score (nSPS) is 11.1. The van der Waals surface area contributed by atoms with Crippen LogP contribution in [0.5, 0.6) is 11.5 Å². The van der Waals surface area contributed by atoms with Crippen molar-refractivity contribution in [3.63, 3.8) is 0 Å². The predicted molar refractivity (Wildman–Crippen MR) is 92.6 cm³/mol. The number of amides is 1. The van der Waals surface area contributed by atoms with Crippen LogP contribution in [0.15, 0.2) is 42.5 Å². The van der Waals surface area contributed by atoms with Gasteiger partial charge in [-0.2, -0.15) is 13.2 Å². The summed E-state index contributed by atoms with van der Waals surface area (Å²) >= 11 is 0. The zero-order chi connectivity index (χ0) is 19.2. The van der Waals surface area contributed by atoms with Gasteiger partial charge in [0.2, 0.25) is 5.91 Å². The summed E-state index contributed by atoms with van der Waals surface area (Å²) in [4.78, 5) is 12.2. The minimum absolute atomic E-state index is 0.0114. The van der Waals surface area contributed by atoms with Gasteiger partial charge in [-0.15, -0.1) is 0 Å². The monoisotopic (exact) mass is 367 g/mol. The minimum atomic E-state index is -4.50. The zero-order valence-corrected chi connectivity index (χ0v) is 14.5. The van der Waals surface area contributed by atoms with E-state index in [2.05, 4.69) is 5.32 Å². The number of halogens is 3. The molecule has 0 spiro atoms. The van der Waals surface area contributed by atoms with Crippen LogP contribution in [-0.2, 0) is 17.4 Å². The molecular formula is C19H20F3NO3. The van der Waals surface area contributed by atoms with Gasteiger partial charge in [0, 0.05) is 6.42 Å². The molecule has 0 aliphatic rings. The fraction of sp³-hybridized carbons (Fsp3) is 0.316. The first-order valence-electron chi connectivity index (χ1n) is 8.10. The SMILES string of the molecule is CCOc1ccc(C(F)(F)F)cc1NC(=O)CCc1cccc(OC)c1. The number of hydrogen-bond donors (Lipinski definition) is 1. The van der Waals surface area contributed by atoms with Crippen LogP contribution in [-0.4, -0.2) is 19.6 Å². The summed E-state index contributed by atoms with van der Waals surface area (Å²) in [6.45, 7) is 1.99. The van der Waals surface area contributed by atoms with Gasteiger partial charge in [-0.3, -0.25) is 4.79 Å². The second-order valence-corrected chi connectivity index (χ2v) is 5.54. The molecule has 0 aliphatic carbocycles. The lowest BCUT2D eigenvalue weighted by atomic mass is 10.1. The first-order valence-corrected chi connectivity index (χ1v) is 8.10. The molecule has 0 bridgehead atoms. The number of hydrogen-bond acceptors (Lipinski definition) is 3. The van der Waals surface area contributed by atoms with Crippen LogP contribution in [0.1, 0.15) is 24.5 Å². The highest BCUT2D eigenvalue weighted by molar-refractivity contribution is 5.92. The fourth-order valence-corrected chi connectivity index (χ4v) is 2.38. The molecule has 0 aromatic heterocycles. The average molecular weight is 367 g/mol. The number of rotatable bonds is 7. The Hall–Kier alpha value is -2.70. The second-order valence-electron chi connectivity index (χ2n) is 5.54. The molecule has 26 heavy (non-hydrogen) atoms. The lowest BCUT2D eigenvalue weighted by molar-refractivity contribution is -0.137. The molecule has 0 saturated carbocycles. The molecule has 0 saturated heterocycles. The van der Waals surface area contributed by atoms with E-state index in [9.17, 15) is 18.0 Å². The summed E-state index contributed by atoms with van der Waals surface area (Å²) in [5.41, 5.74) is 0.0648. The molecule has 1 N–H and O–H groups in total. The Kier molecular flexibility index (Phi) is 6.49. The summed E-state index contributed by atoms with van der Waals surface area (Å²) in [7, 11) is 1.55. The van der Waals surface area contributed by atoms with Crippen LogP contribution in [0.25, 0.3) is 0 Å². The van der Waals surface area contributed by atoms with E-state index in [-0.39, 0.29) is 24.5 Å². The summed E-state index contributed by atoms with van der Waals surface area (Å²) < 4.78 is 49.1. The quantitative estimate of drug-likeness (QED) is 0.773. The van der Waals surface area contributed by atoms with Gasteiger partial charge in [-0.25, -0.2) is 0 Å². The number of alkyl halides is 3. The number of carbonyl (C=O) groups is 1. The third-order valence-corrected chi connectivity index (χ3v) is 3.66. The third kappa shape index (κ3) is 5.40. The van der Waals surface area contributed by atoms with E-state index < -0.39 is 17.6 Å². The first kappa shape index (κ1) is 19.6. The molecule has 0 aliphatic heterocycles. The largest absolute Gasteiger partial charge is 0.497 e. The number of nitrogens with one attached hydrogen (secondary N) is 1. The van der Waals surface area contributed by atoms with Crippen molar-refractivity contribution in [2.45, 2.75) is 25.9 Å². The van der Waals surface area contributed by atoms with Gasteiger partial charge in [0.1, 0.15) is 11.5 Å². The van der Waals surface area contributed by atoms with Crippen molar-refractivity contribution in [1.82, 2.24) is 0 Å². The zero-order valence-electron chi connectivity index (χ0n) is 14.5. The number of methoxy groups -OCH3 is 1. The second kappa shape index (κ2) is 8.60. The maximum atomic E-state index is 12.9. The van der Waals surface area contributed by atoms with E-state index in [1.165, 1.54) is 6.07 Å². The highest BCUT2D eigenvalue weighted by Crippen LogP contribution is 2.35. The Morgan fingerprint density at radius 2 is 1.92 bits per heavy atom. The van der Waals surface area contributed by atoms with Crippen molar-refractivity contribution in [3.8, 4) is 11.5 Å². The van der Waals surface area contributed by atoms with Gasteiger partial charge in [0.15, 0.2) is 0 Å². The molecule has 2 aromatic rings. The molecule has 1 amide bonds. The summed E-state index contributed by atoms with van der Waals surface area (Å²) in [5, 5.41) is 2.51. The number of benzene rings is 2. The van der Waals surface area contributed by atoms with Gasteiger partial charge >= 0.3 is 6.18 Å². The van der Waals surface area contributed by atoms with Gasteiger partial charge < -0.3 is 14.8 Å². The first-order chi connectivity index (χ1) is 12.3. The Morgan fingerprint density at radius 1 is 1.15 bits per heavy atom. The number of anilines is 1. The van der Waals surface area contributed by atoms with E-state index in [0.717, 1.165) is 17.7 Å². The lowest BCUT2D eigenvalue weighted by Crippen LogP contribution is -2.15. The Labute approximate surface area is 149 Å². The molecular weight excluding hydrogens is 347 g/mol. The van der Waals surface area contributed by atoms with Gasteiger partial charge in [0.25, 0.3) is 0 Å².